The summed E-state index contributed by atoms with van der Waals surface area (Å²) in [6, 6.07) is 15.2. The van der Waals surface area contributed by atoms with Gasteiger partial charge in [-0.1, -0.05) is 30.3 Å². The number of aromatic nitrogens is 2. The normalized spacial score (nSPS) is 10.8. The Morgan fingerprint density at radius 2 is 1.95 bits per heavy atom. The summed E-state index contributed by atoms with van der Waals surface area (Å²) < 4.78 is 1.86. The van der Waals surface area contributed by atoms with Crippen LogP contribution in [0.5, 0.6) is 0 Å². The highest BCUT2D eigenvalue weighted by atomic mass is 16.4. The molecule has 1 N–H and O–H groups in total. The van der Waals surface area contributed by atoms with Crippen molar-refractivity contribution in [2.75, 3.05) is 0 Å². The number of hydrogen-bond donors (Lipinski definition) is 1. The van der Waals surface area contributed by atoms with E-state index in [2.05, 4.69) is 17.2 Å². The minimum absolute atomic E-state index is 0.292. The van der Waals surface area contributed by atoms with Gasteiger partial charge in [0.1, 0.15) is 0 Å². The lowest BCUT2D eigenvalue weighted by Crippen LogP contribution is -2.01. The number of aryl methyl sites for hydroxylation is 2. The fraction of sp³-hybridized carbons (Fsp3) is 0.125. The molecule has 3 aromatic rings. The Kier molecular flexibility index (Phi) is 3.21. The first kappa shape index (κ1) is 12.4. The SMILES string of the molecule is O=C(O)c1ccc2nn(CCc3ccccc3)cc2c1. The predicted octanol–water partition coefficient (Wildman–Crippen LogP) is 2.98. The molecule has 0 atom stereocenters. The minimum atomic E-state index is -0.913. The second-order valence-electron chi connectivity index (χ2n) is 4.71. The zero-order valence-electron chi connectivity index (χ0n) is 10.9. The molecule has 0 aliphatic rings. The van der Waals surface area contributed by atoms with E-state index < -0.39 is 5.97 Å². The fourth-order valence-corrected chi connectivity index (χ4v) is 2.21. The number of rotatable bonds is 4. The van der Waals surface area contributed by atoms with Gasteiger partial charge in [-0.15, -0.1) is 0 Å². The van der Waals surface area contributed by atoms with Crippen LogP contribution in [0, 0.1) is 0 Å². The Bertz CT molecular complexity index is 748. The number of fused-ring (bicyclic) bond motifs is 1. The molecule has 100 valence electrons. The highest BCUT2D eigenvalue weighted by Crippen LogP contribution is 2.15. The molecule has 1 aromatic heterocycles. The Morgan fingerprint density at radius 3 is 2.70 bits per heavy atom. The first-order valence-electron chi connectivity index (χ1n) is 6.47. The summed E-state index contributed by atoms with van der Waals surface area (Å²) >= 11 is 0. The molecule has 0 aliphatic heterocycles. The first-order chi connectivity index (χ1) is 9.72. The van der Waals surface area contributed by atoms with Crippen LogP contribution < -0.4 is 0 Å². The number of nitrogens with zero attached hydrogens (tertiary/aromatic N) is 2. The second-order valence-corrected chi connectivity index (χ2v) is 4.71. The van der Waals surface area contributed by atoms with Gasteiger partial charge < -0.3 is 5.11 Å². The van der Waals surface area contributed by atoms with Crippen LogP contribution in [0.2, 0.25) is 0 Å². The Hall–Kier alpha value is -2.62. The van der Waals surface area contributed by atoms with E-state index in [1.165, 1.54) is 5.56 Å². The van der Waals surface area contributed by atoms with Gasteiger partial charge in [0.05, 0.1) is 11.1 Å². The average molecular weight is 266 g/mol. The van der Waals surface area contributed by atoms with E-state index in [1.54, 1.807) is 18.2 Å². The molecule has 0 aliphatic carbocycles. The number of hydrogen-bond acceptors (Lipinski definition) is 2. The lowest BCUT2D eigenvalue weighted by atomic mass is 10.1. The third-order valence-corrected chi connectivity index (χ3v) is 3.27. The van der Waals surface area contributed by atoms with Crippen molar-refractivity contribution in [3.63, 3.8) is 0 Å². The topological polar surface area (TPSA) is 55.1 Å². The fourth-order valence-electron chi connectivity index (χ4n) is 2.21. The highest BCUT2D eigenvalue weighted by Gasteiger charge is 2.06. The van der Waals surface area contributed by atoms with Crippen molar-refractivity contribution in [2.24, 2.45) is 0 Å². The van der Waals surface area contributed by atoms with E-state index in [-0.39, 0.29) is 0 Å². The lowest BCUT2D eigenvalue weighted by Gasteiger charge is -2.01. The smallest absolute Gasteiger partial charge is 0.335 e. The molecule has 4 nitrogen and oxygen atoms in total. The maximum atomic E-state index is 10.9. The molecule has 0 spiro atoms. The summed E-state index contributed by atoms with van der Waals surface area (Å²) in [4.78, 5) is 10.9. The van der Waals surface area contributed by atoms with Crippen LogP contribution in [-0.2, 0) is 13.0 Å². The monoisotopic (exact) mass is 266 g/mol. The van der Waals surface area contributed by atoms with Gasteiger partial charge >= 0.3 is 5.97 Å². The zero-order valence-corrected chi connectivity index (χ0v) is 10.9. The summed E-state index contributed by atoms with van der Waals surface area (Å²) in [5.41, 5.74) is 2.38. The van der Waals surface area contributed by atoms with Gasteiger partial charge in [-0.25, -0.2) is 4.79 Å². The van der Waals surface area contributed by atoms with E-state index in [9.17, 15) is 4.79 Å². The summed E-state index contributed by atoms with van der Waals surface area (Å²) in [5.74, 6) is -0.913. The van der Waals surface area contributed by atoms with E-state index in [1.807, 2.05) is 29.1 Å². The van der Waals surface area contributed by atoms with Gasteiger partial charge in [0.25, 0.3) is 0 Å². The first-order valence-corrected chi connectivity index (χ1v) is 6.47. The molecule has 2 aromatic carbocycles. The average Bonchev–Trinajstić information content (AvgIpc) is 2.88. The van der Waals surface area contributed by atoms with Crippen LogP contribution >= 0.6 is 0 Å². The molecular weight excluding hydrogens is 252 g/mol. The van der Waals surface area contributed by atoms with Crippen LogP contribution in [0.1, 0.15) is 15.9 Å². The molecule has 0 bridgehead atoms. The Labute approximate surface area is 116 Å². The largest absolute Gasteiger partial charge is 0.478 e. The quantitative estimate of drug-likeness (QED) is 0.789. The molecule has 1 heterocycles. The molecule has 0 radical (unpaired) electrons. The number of benzene rings is 2. The second kappa shape index (κ2) is 5.17. The molecule has 0 amide bonds. The molecule has 20 heavy (non-hydrogen) atoms. The van der Waals surface area contributed by atoms with E-state index >= 15 is 0 Å². The third-order valence-electron chi connectivity index (χ3n) is 3.27. The standard InChI is InChI=1S/C16H14N2O2/c19-16(20)13-6-7-15-14(10-13)11-18(17-15)9-8-12-4-2-1-3-5-12/h1-7,10-11H,8-9H2,(H,19,20). The Morgan fingerprint density at radius 1 is 1.15 bits per heavy atom. The minimum Gasteiger partial charge on any atom is -0.478 e. The summed E-state index contributed by atoms with van der Waals surface area (Å²) in [5, 5.41) is 14.3. The van der Waals surface area contributed by atoms with Crippen LogP contribution in [-0.4, -0.2) is 20.9 Å². The van der Waals surface area contributed by atoms with Gasteiger partial charge in [0.15, 0.2) is 0 Å². The summed E-state index contributed by atoms with van der Waals surface area (Å²) in [7, 11) is 0. The molecule has 0 fully saturated rings. The van der Waals surface area contributed by atoms with Crippen molar-refractivity contribution >= 4 is 16.9 Å². The maximum Gasteiger partial charge on any atom is 0.335 e. The number of aromatic carboxylic acids is 1. The van der Waals surface area contributed by atoms with Crippen LogP contribution in [0.3, 0.4) is 0 Å². The van der Waals surface area contributed by atoms with Crippen molar-refractivity contribution in [1.82, 2.24) is 9.78 Å². The summed E-state index contributed by atoms with van der Waals surface area (Å²) in [6.45, 7) is 0.779. The molecule has 3 rings (SSSR count). The molecule has 4 heteroatoms. The van der Waals surface area contributed by atoms with Gasteiger partial charge in [-0.05, 0) is 30.2 Å². The number of carboxylic acids is 1. The zero-order chi connectivity index (χ0) is 13.9. The third kappa shape index (κ3) is 2.54. The van der Waals surface area contributed by atoms with Crippen molar-refractivity contribution < 1.29 is 9.90 Å². The number of carboxylic acid groups (broad SMARTS) is 1. The van der Waals surface area contributed by atoms with Crippen molar-refractivity contribution in [3.05, 3.63) is 65.9 Å². The lowest BCUT2D eigenvalue weighted by molar-refractivity contribution is 0.0697. The Balaban J connectivity index is 1.80. The van der Waals surface area contributed by atoms with Gasteiger partial charge in [0.2, 0.25) is 0 Å². The van der Waals surface area contributed by atoms with Crippen LogP contribution in [0.15, 0.2) is 54.7 Å². The molecule has 0 saturated carbocycles. The molecular formula is C16H14N2O2. The van der Waals surface area contributed by atoms with Crippen LogP contribution in [0.4, 0.5) is 0 Å². The van der Waals surface area contributed by atoms with Gasteiger partial charge in [-0.2, -0.15) is 5.10 Å². The molecule has 0 unspecified atom stereocenters. The van der Waals surface area contributed by atoms with E-state index in [0.717, 1.165) is 23.9 Å². The van der Waals surface area contributed by atoms with Crippen molar-refractivity contribution in [2.45, 2.75) is 13.0 Å². The van der Waals surface area contributed by atoms with Crippen LogP contribution in [0.25, 0.3) is 10.9 Å². The maximum absolute atomic E-state index is 10.9. The predicted molar refractivity (Wildman–Crippen MR) is 76.8 cm³/mol. The van der Waals surface area contributed by atoms with Crippen molar-refractivity contribution in [3.8, 4) is 0 Å². The van der Waals surface area contributed by atoms with Crippen molar-refractivity contribution in [1.29, 1.82) is 0 Å². The van der Waals surface area contributed by atoms with Gasteiger partial charge in [-0.3, -0.25) is 4.68 Å². The van der Waals surface area contributed by atoms with E-state index in [0.29, 0.717) is 5.56 Å². The molecule has 0 saturated heterocycles. The van der Waals surface area contributed by atoms with E-state index in [4.69, 9.17) is 5.11 Å². The van der Waals surface area contributed by atoms with Gasteiger partial charge in [0, 0.05) is 18.1 Å². The summed E-state index contributed by atoms with van der Waals surface area (Å²) in [6.07, 6.45) is 2.80. The number of carbonyl (C=O) groups is 1. The highest BCUT2D eigenvalue weighted by molar-refractivity contribution is 5.93.